The molecule has 2 aromatic carbocycles. The lowest BCUT2D eigenvalue weighted by Gasteiger charge is -2.33. The van der Waals surface area contributed by atoms with Crippen molar-refractivity contribution >= 4 is 34.4 Å². The zero-order chi connectivity index (χ0) is 25.2. The Labute approximate surface area is 209 Å². The number of carboxylic acid groups (broad SMARTS) is 1. The molecule has 5 rings (SSSR count). The topological polar surface area (TPSA) is 129 Å². The molecule has 188 valence electrons. The fourth-order valence-corrected chi connectivity index (χ4v) is 5.83. The molecule has 36 heavy (non-hydrogen) atoms. The third-order valence-corrected chi connectivity index (χ3v) is 7.83. The summed E-state index contributed by atoms with van der Waals surface area (Å²) >= 11 is 0. The van der Waals surface area contributed by atoms with E-state index < -0.39 is 12.0 Å². The minimum absolute atomic E-state index is 0.0660. The minimum atomic E-state index is -1.04. The largest absolute Gasteiger partial charge is 0.477 e. The van der Waals surface area contributed by atoms with Crippen molar-refractivity contribution in [2.45, 2.75) is 44.1 Å². The van der Waals surface area contributed by atoms with Gasteiger partial charge in [-0.05, 0) is 74.4 Å². The van der Waals surface area contributed by atoms with Gasteiger partial charge in [0.15, 0.2) is 0 Å². The molecule has 1 aliphatic heterocycles. The summed E-state index contributed by atoms with van der Waals surface area (Å²) in [6, 6.07) is 16.1. The van der Waals surface area contributed by atoms with Gasteiger partial charge in [-0.3, -0.25) is 9.59 Å². The number of aromatic carboxylic acids is 1. The Hall–Kier alpha value is -3.65. The first-order valence-electron chi connectivity index (χ1n) is 12.7. The van der Waals surface area contributed by atoms with Crippen LogP contribution in [-0.2, 0) is 9.59 Å². The second-order valence-corrected chi connectivity index (χ2v) is 10.0. The number of aromatic nitrogens is 1. The van der Waals surface area contributed by atoms with Crippen LogP contribution in [0.1, 0.15) is 54.1 Å². The molecule has 2 aliphatic rings. The fraction of sp³-hybridized carbons (Fsp3) is 0.393. The van der Waals surface area contributed by atoms with Gasteiger partial charge >= 0.3 is 5.97 Å². The van der Waals surface area contributed by atoms with Gasteiger partial charge in [0.2, 0.25) is 11.8 Å². The van der Waals surface area contributed by atoms with E-state index in [1.54, 1.807) is 29.2 Å². The van der Waals surface area contributed by atoms with Gasteiger partial charge in [-0.1, -0.05) is 30.3 Å². The number of likely N-dealkylation sites (tertiary alicyclic amines) is 1. The summed E-state index contributed by atoms with van der Waals surface area (Å²) < 4.78 is 0. The van der Waals surface area contributed by atoms with E-state index in [1.165, 1.54) is 0 Å². The van der Waals surface area contributed by atoms with Gasteiger partial charge < -0.3 is 26.0 Å². The van der Waals surface area contributed by atoms with E-state index in [4.69, 9.17) is 5.73 Å². The third kappa shape index (κ3) is 4.73. The quantitative estimate of drug-likeness (QED) is 0.418. The maximum absolute atomic E-state index is 13.7. The van der Waals surface area contributed by atoms with Crippen molar-refractivity contribution in [3.63, 3.8) is 0 Å². The first kappa shape index (κ1) is 24.1. The average molecular weight is 489 g/mol. The molecule has 1 saturated carbocycles. The fourth-order valence-electron chi connectivity index (χ4n) is 5.83. The monoisotopic (exact) mass is 488 g/mol. The standard InChI is InChI=1S/C28H32N4O4/c29-16-17-6-8-19(9-7-17)27(34)32-13-12-22(18-4-2-1-3-5-18)25(32)26(33)30-21-10-11-23-20(14-21)15-24(31-23)28(35)36/h1-5,10-11,14-15,17,19,22,25,31H,6-9,12-13,16,29H2,(H,30,33)(H,35,36)/t17?,19?,22-,25-/m0/s1. The predicted octanol–water partition coefficient (Wildman–Crippen LogP) is 3.95. The highest BCUT2D eigenvalue weighted by Crippen LogP contribution is 2.38. The van der Waals surface area contributed by atoms with Crippen molar-refractivity contribution < 1.29 is 19.5 Å². The maximum Gasteiger partial charge on any atom is 0.352 e. The molecule has 3 aromatic rings. The minimum Gasteiger partial charge on any atom is -0.477 e. The summed E-state index contributed by atoms with van der Waals surface area (Å²) in [5.74, 6) is -0.875. The molecule has 5 N–H and O–H groups in total. The van der Waals surface area contributed by atoms with Crippen LogP contribution in [0.2, 0.25) is 0 Å². The first-order valence-corrected chi connectivity index (χ1v) is 12.7. The Balaban J connectivity index is 1.39. The number of hydrogen-bond acceptors (Lipinski definition) is 4. The average Bonchev–Trinajstić information content (AvgIpc) is 3.54. The Kier molecular flexibility index (Phi) is 6.78. The molecule has 0 spiro atoms. The number of amides is 2. The van der Waals surface area contributed by atoms with E-state index in [0.717, 1.165) is 37.7 Å². The summed E-state index contributed by atoms with van der Waals surface area (Å²) in [6.45, 7) is 1.21. The van der Waals surface area contributed by atoms with Gasteiger partial charge in [0.05, 0.1) is 0 Å². The van der Waals surface area contributed by atoms with Crippen molar-refractivity contribution in [1.82, 2.24) is 9.88 Å². The second-order valence-electron chi connectivity index (χ2n) is 10.0. The van der Waals surface area contributed by atoms with Crippen LogP contribution in [0, 0.1) is 11.8 Å². The number of hydrogen-bond donors (Lipinski definition) is 4. The molecule has 8 nitrogen and oxygen atoms in total. The van der Waals surface area contributed by atoms with E-state index >= 15 is 0 Å². The summed E-state index contributed by atoms with van der Waals surface area (Å²) in [6.07, 6.45) is 4.27. The number of H-pyrrole nitrogens is 1. The van der Waals surface area contributed by atoms with Crippen LogP contribution in [0.3, 0.4) is 0 Å². The summed E-state index contributed by atoms with van der Waals surface area (Å²) in [7, 11) is 0. The molecule has 8 heteroatoms. The summed E-state index contributed by atoms with van der Waals surface area (Å²) in [4.78, 5) is 43.3. The van der Waals surface area contributed by atoms with Gasteiger partial charge in [0.25, 0.3) is 0 Å². The van der Waals surface area contributed by atoms with Crippen LogP contribution in [0.4, 0.5) is 5.69 Å². The summed E-state index contributed by atoms with van der Waals surface area (Å²) in [5, 5.41) is 13.0. The number of rotatable bonds is 6. The van der Waals surface area contributed by atoms with Crippen LogP contribution in [0.5, 0.6) is 0 Å². The van der Waals surface area contributed by atoms with E-state index in [1.807, 2.05) is 30.3 Å². The molecule has 1 saturated heterocycles. The first-order chi connectivity index (χ1) is 17.4. The highest BCUT2D eigenvalue weighted by atomic mass is 16.4. The van der Waals surface area contributed by atoms with E-state index in [-0.39, 0.29) is 29.3 Å². The predicted molar refractivity (Wildman–Crippen MR) is 138 cm³/mol. The van der Waals surface area contributed by atoms with Crippen LogP contribution < -0.4 is 11.1 Å². The van der Waals surface area contributed by atoms with Crippen molar-refractivity contribution in [2.75, 3.05) is 18.4 Å². The van der Waals surface area contributed by atoms with Crippen LogP contribution in [0.25, 0.3) is 10.9 Å². The molecule has 2 amide bonds. The number of anilines is 1. The number of carbonyl (C=O) groups excluding carboxylic acids is 2. The maximum atomic E-state index is 13.7. The van der Waals surface area contributed by atoms with Crippen LogP contribution in [0.15, 0.2) is 54.6 Å². The van der Waals surface area contributed by atoms with Crippen LogP contribution in [-0.4, -0.2) is 51.9 Å². The molecule has 2 fully saturated rings. The van der Waals surface area contributed by atoms with Gasteiger partial charge in [0.1, 0.15) is 11.7 Å². The molecule has 0 bridgehead atoms. The number of fused-ring (bicyclic) bond motifs is 1. The van der Waals surface area contributed by atoms with Crippen molar-refractivity contribution in [3.8, 4) is 0 Å². The van der Waals surface area contributed by atoms with Gasteiger partial charge in [-0.2, -0.15) is 0 Å². The zero-order valence-corrected chi connectivity index (χ0v) is 20.2. The van der Waals surface area contributed by atoms with E-state index in [9.17, 15) is 19.5 Å². The lowest BCUT2D eigenvalue weighted by Crippen LogP contribution is -2.48. The molecular formula is C28H32N4O4. The molecule has 0 unspecified atom stereocenters. The number of benzene rings is 2. The highest BCUT2D eigenvalue weighted by molar-refractivity contribution is 6.01. The number of aromatic amines is 1. The molecule has 1 aliphatic carbocycles. The Morgan fingerprint density at radius 2 is 1.75 bits per heavy atom. The smallest absolute Gasteiger partial charge is 0.352 e. The van der Waals surface area contributed by atoms with E-state index in [2.05, 4.69) is 10.3 Å². The zero-order valence-electron chi connectivity index (χ0n) is 20.2. The molecule has 2 heterocycles. The Bertz CT molecular complexity index is 1260. The van der Waals surface area contributed by atoms with E-state index in [0.29, 0.717) is 35.6 Å². The van der Waals surface area contributed by atoms with Crippen molar-refractivity contribution in [1.29, 1.82) is 0 Å². The molecular weight excluding hydrogens is 456 g/mol. The number of carboxylic acids is 1. The lowest BCUT2D eigenvalue weighted by molar-refractivity contribution is -0.141. The molecule has 0 radical (unpaired) electrons. The molecule has 1 aromatic heterocycles. The SMILES string of the molecule is NCC1CCC(C(=O)N2CC[C@@H](c3ccccc3)[C@H]2C(=O)Nc2ccc3[nH]c(C(=O)O)cc3c2)CC1. The summed E-state index contributed by atoms with van der Waals surface area (Å²) in [5.41, 5.74) is 8.22. The van der Waals surface area contributed by atoms with Gasteiger partial charge in [-0.15, -0.1) is 0 Å². The number of carbonyl (C=O) groups is 3. The Morgan fingerprint density at radius 1 is 1.00 bits per heavy atom. The normalized spacial score (nSPS) is 24.1. The highest BCUT2D eigenvalue weighted by Gasteiger charge is 2.44. The van der Waals surface area contributed by atoms with Crippen LogP contribution >= 0.6 is 0 Å². The molecule has 2 atom stereocenters. The Morgan fingerprint density at radius 3 is 2.44 bits per heavy atom. The number of nitrogens with zero attached hydrogens (tertiary/aromatic N) is 1. The van der Waals surface area contributed by atoms with Gasteiger partial charge in [-0.25, -0.2) is 4.79 Å². The number of nitrogens with one attached hydrogen (secondary N) is 2. The van der Waals surface area contributed by atoms with Crippen molar-refractivity contribution in [3.05, 3.63) is 65.9 Å². The second kappa shape index (κ2) is 10.1. The third-order valence-electron chi connectivity index (χ3n) is 7.83. The van der Waals surface area contributed by atoms with Crippen molar-refractivity contribution in [2.24, 2.45) is 17.6 Å². The number of nitrogens with two attached hydrogens (primary N) is 1. The lowest BCUT2D eigenvalue weighted by atomic mass is 9.81. The van der Waals surface area contributed by atoms with Gasteiger partial charge in [0, 0.05) is 35.0 Å².